The average Bonchev–Trinajstić information content (AvgIpc) is 2.53. The van der Waals surface area contributed by atoms with Crippen molar-refractivity contribution in [3.63, 3.8) is 0 Å². The number of aliphatic hydroxyl groups is 2. The third-order valence-electron chi connectivity index (χ3n) is 3.60. The van der Waals surface area contributed by atoms with Crippen LogP contribution in [0.5, 0.6) is 0 Å². The molecule has 0 spiro atoms. The highest BCUT2D eigenvalue weighted by Crippen LogP contribution is 2.26. The van der Waals surface area contributed by atoms with Crippen LogP contribution >= 0.6 is 11.6 Å². The van der Waals surface area contributed by atoms with Gasteiger partial charge in [-0.05, 0) is 16.7 Å². The molecule has 0 saturated carbocycles. The number of benzene rings is 2. The first kappa shape index (κ1) is 15.0. The second kappa shape index (κ2) is 6.89. The zero-order chi connectivity index (χ0) is 14.5. The summed E-state index contributed by atoms with van der Waals surface area (Å²) in [5, 5.41) is 20.2. The van der Waals surface area contributed by atoms with Crippen LogP contribution in [0.25, 0.3) is 0 Å². The summed E-state index contributed by atoms with van der Waals surface area (Å²) in [6.45, 7) is 1.93. The number of aliphatic hydroxyl groups excluding tert-OH is 2. The second-order valence-corrected chi connectivity index (χ2v) is 5.30. The van der Waals surface area contributed by atoms with Crippen LogP contribution in [0.1, 0.15) is 35.6 Å². The molecule has 0 heterocycles. The van der Waals surface area contributed by atoms with Crippen LogP contribution in [0.3, 0.4) is 0 Å². The van der Waals surface area contributed by atoms with E-state index < -0.39 is 12.2 Å². The van der Waals surface area contributed by atoms with E-state index >= 15 is 0 Å². The van der Waals surface area contributed by atoms with Crippen molar-refractivity contribution in [1.29, 1.82) is 0 Å². The van der Waals surface area contributed by atoms with Gasteiger partial charge in [-0.3, -0.25) is 0 Å². The molecule has 2 aromatic carbocycles. The van der Waals surface area contributed by atoms with Crippen molar-refractivity contribution in [2.45, 2.75) is 25.0 Å². The molecule has 2 nitrogen and oxygen atoms in total. The molecule has 0 amide bonds. The van der Waals surface area contributed by atoms with E-state index in [1.54, 1.807) is 0 Å². The lowest BCUT2D eigenvalue weighted by molar-refractivity contribution is 0.172. The summed E-state index contributed by atoms with van der Waals surface area (Å²) >= 11 is 5.70. The molecule has 2 aromatic rings. The lowest BCUT2D eigenvalue weighted by Crippen LogP contribution is -2.17. The molecular formula is C17H19ClO2. The Morgan fingerprint density at radius 3 is 2.15 bits per heavy atom. The van der Waals surface area contributed by atoms with Gasteiger partial charge < -0.3 is 10.2 Å². The molecule has 0 saturated heterocycles. The van der Waals surface area contributed by atoms with E-state index in [2.05, 4.69) is 0 Å². The molecule has 0 radical (unpaired) electrons. The highest BCUT2D eigenvalue weighted by Gasteiger charge is 2.17. The van der Waals surface area contributed by atoms with Crippen molar-refractivity contribution >= 4 is 11.6 Å². The van der Waals surface area contributed by atoms with Crippen molar-refractivity contribution in [1.82, 2.24) is 0 Å². The fraction of sp³-hybridized carbons (Fsp3) is 0.294. The van der Waals surface area contributed by atoms with Gasteiger partial charge >= 0.3 is 0 Å². The maximum atomic E-state index is 10.4. The molecule has 3 heteroatoms. The number of rotatable bonds is 5. The van der Waals surface area contributed by atoms with Gasteiger partial charge in [0.15, 0.2) is 0 Å². The van der Waals surface area contributed by atoms with Crippen LogP contribution in [-0.4, -0.2) is 22.2 Å². The maximum absolute atomic E-state index is 10.4. The SMILES string of the molecule is CC(c1cccc(C(O)c2ccccc2)c1)C(O)CCl. The van der Waals surface area contributed by atoms with Gasteiger partial charge in [0.2, 0.25) is 0 Å². The molecule has 0 aliphatic heterocycles. The van der Waals surface area contributed by atoms with Crippen molar-refractivity contribution in [3.05, 3.63) is 71.3 Å². The van der Waals surface area contributed by atoms with E-state index in [4.69, 9.17) is 11.6 Å². The largest absolute Gasteiger partial charge is 0.391 e. The highest BCUT2D eigenvalue weighted by molar-refractivity contribution is 6.18. The fourth-order valence-corrected chi connectivity index (χ4v) is 2.46. The van der Waals surface area contributed by atoms with Gasteiger partial charge in [0.05, 0.1) is 6.10 Å². The fourth-order valence-electron chi connectivity index (χ4n) is 2.20. The van der Waals surface area contributed by atoms with Gasteiger partial charge in [-0.15, -0.1) is 11.6 Å². The Bertz CT molecular complexity index is 542. The van der Waals surface area contributed by atoms with E-state index in [0.29, 0.717) is 0 Å². The van der Waals surface area contributed by atoms with E-state index in [1.165, 1.54) is 0 Å². The summed E-state index contributed by atoms with van der Waals surface area (Å²) < 4.78 is 0. The Balaban J connectivity index is 2.26. The molecular weight excluding hydrogens is 272 g/mol. The molecule has 2 N–H and O–H groups in total. The first-order valence-corrected chi connectivity index (χ1v) is 7.24. The van der Waals surface area contributed by atoms with Crippen LogP contribution in [0, 0.1) is 0 Å². The number of halogens is 1. The minimum atomic E-state index is -0.656. The van der Waals surface area contributed by atoms with Crippen LogP contribution in [0.15, 0.2) is 54.6 Å². The van der Waals surface area contributed by atoms with Gasteiger partial charge in [0.1, 0.15) is 6.10 Å². The molecule has 0 aliphatic carbocycles. The zero-order valence-corrected chi connectivity index (χ0v) is 12.2. The third-order valence-corrected chi connectivity index (χ3v) is 3.92. The smallest absolute Gasteiger partial charge is 0.104 e. The van der Waals surface area contributed by atoms with E-state index in [-0.39, 0.29) is 11.8 Å². The van der Waals surface area contributed by atoms with Crippen LogP contribution in [0.2, 0.25) is 0 Å². The summed E-state index contributed by atoms with van der Waals surface area (Å²) in [7, 11) is 0. The molecule has 0 aromatic heterocycles. The van der Waals surface area contributed by atoms with E-state index in [0.717, 1.165) is 16.7 Å². The summed E-state index contributed by atoms with van der Waals surface area (Å²) in [6.07, 6.45) is -1.24. The number of alkyl halides is 1. The van der Waals surface area contributed by atoms with Gasteiger partial charge in [0, 0.05) is 11.8 Å². The Morgan fingerprint density at radius 2 is 1.50 bits per heavy atom. The molecule has 2 rings (SSSR count). The zero-order valence-electron chi connectivity index (χ0n) is 11.4. The minimum Gasteiger partial charge on any atom is -0.391 e. The summed E-state index contributed by atoms with van der Waals surface area (Å²) in [4.78, 5) is 0. The van der Waals surface area contributed by atoms with Crippen molar-refractivity contribution in [3.8, 4) is 0 Å². The summed E-state index contributed by atoms with van der Waals surface area (Å²) in [5.74, 6) is 0.141. The molecule has 3 unspecified atom stereocenters. The van der Waals surface area contributed by atoms with Gasteiger partial charge in [-0.25, -0.2) is 0 Å². The number of hydrogen-bond acceptors (Lipinski definition) is 2. The quantitative estimate of drug-likeness (QED) is 0.828. The molecule has 0 fully saturated rings. The van der Waals surface area contributed by atoms with Crippen LogP contribution < -0.4 is 0 Å². The predicted molar refractivity (Wildman–Crippen MR) is 82.1 cm³/mol. The Hall–Kier alpha value is -1.35. The lowest BCUT2D eigenvalue weighted by atomic mass is 9.92. The summed E-state index contributed by atoms with van der Waals surface area (Å²) in [5.41, 5.74) is 2.66. The molecule has 0 bridgehead atoms. The van der Waals surface area contributed by atoms with Crippen LogP contribution in [-0.2, 0) is 0 Å². The monoisotopic (exact) mass is 290 g/mol. The Labute approximate surface area is 124 Å². The molecule has 0 aliphatic rings. The topological polar surface area (TPSA) is 40.5 Å². The van der Waals surface area contributed by atoms with E-state index in [9.17, 15) is 10.2 Å². The molecule has 106 valence electrons. The van der Waals surface area contributed by atoms with Crippen molar-refractivity contribution in [2.24, 2.45) is 0 Å². The maximum Gasteiger partial charge on any atom is 0.104 e. The third kappa shape index (κ3) is 3.40. The van der Waals surface area contributed by atoms with Crippen LogP contribution in [0.4, 0.5) is 0 Å². The minimum absolute atomic E-state index is 0.0598. The second-order valence-electron chi connectivity index (χ2n) is 4.99. The van der Waals surface area contributed by atoms with Gasteiger partial charge in [-0.1, -0.05) is 61.5 Å². The van der Waals surface area contributed by atoms with Gasteiger partial charge in [0.25, 0.3) is 0 Å². The van der Waals surface area contributed by atoms with Crippen molar-refractivity contribution < 1.29 is 10.2 Å². The Morgan fingerprint density at radius 1 is 0.900 bits per heavy atom. The molecule has 20 heavy (non-hydrogen) atoms. The predicted octanol–water partition coefficient (Wildman–Crippen LogP) is 3.47. The number of hydrogen-bond donors (Lipinski definition) is 2. The van der Waals surface area contributed by atoms with Gasteiger partial charge in [-0.2, -0.15) is 0 Å². The highest BCUT2D eigenvalue weighted by atomic mass is 35.5. The first-order chi connectivity index (χ1) is 9.63. The normalized spacial score (nSPS) is 15.6. The van der Waals surface area contributed by atoms with Crippen molar-refractivity contribution in [2.75, 3.05) is 5.88 Å². The standard InChI is InChI=1S/C17H19ClO2/c1-12(16(19)11-18)14-8-5-9-15(10-14)17(20)13-6-3-2-4-7-13/h2-10,12,16-17,19-20H,11H2,1H3. The molecule has 3 atom stereocenters. The average molecular weight is 291 g/mol. The Kier molecular flexibility index (Phi) is 5.18. The first-order valence-electron chi connectivity index (χ1n) is 6.70. The van der Waals surface area contributed by atoms with E-state index in [1.807, 2.05) is 61.5 Å². The summed E-state index contributed by atoms with van der Waals surface area (Å²) in [6, 6.07) is 17.2. The lowest BCUT2D eigenvalue weighted by Gasteiger charge is -2.19.